The van der Waals surface area contributed by atoms with Crippen molar-refractivity contribution in [1.82, 2.24) is 35.0 Å². The summed E-state index contributed by atoms with van der Waals surface area (Å²) in [5.41, 5.74) is 3.03. The molecule has 2 saturated carbocycles. The molecule has 3 aromatic rings. The largest absolute Gasteiger partial charge is 0.489 e. The number of pyridine rings is 1. The third-order valence-electron chi connectivity index (χ3n) is 7.11. The van der Waals surface area contributed by atoms with Crippen LogP contribution in [0.1, 0.15) is 56.3 Å². The third kappa shape index (κ3) is 5.28. The van der Waals surface area contributed by atoms with Crippen molar-refractivity contribution in [2.75, 3.05) is 5.32 Å². The van der Waals surface area contributed by atoms with E-state index < -0.39 is 5.97 Å². The van der Waals surface area contributed by atoms with Gasteiger partial charge in [-0.2, -0.15) is 9.90 Å². The number of aromatic nitrogens is 7. The van der Waals surface area contributed by atoms with Crippen LogP contribution in [-0.4, -0.2) is 52.2 Å². The van der Waals surface area contributed by atoms with Crippen LogP contribution >= 0.6 is 0 Å². The molecule has 11 nitrogen and oxygen atoms in total. The minimum atomic E-state index is -0.742. The second-order valence-electron chi connectivity index (χ2n) is 9.67. The number of nitrogens with zero attached hydrogens (tertiary/aromatic N) is 7. The molecule has 11 heteroatoms. The van der Waals surface area contributed by atoms with E-state index in [0.29, 0.717) is 42.4 Å². The molecule has 2 N–H and O–H groups in total. The Balaban J connectivity index is 1.25. The van der Waals surface area contributed by atoms with Gasteiger partial charge in [0.2, 0.25) is 0 Å². The maximum atomic E-state index is 11.4. The molecule has 2 aliphatic carbocycles. The lowest BCUT2D eigenvalue weighted by molar-refractivity contribution is -0.143. The van der Waals surface area contributed by atoms with Crippen LogP contribution in [0.2, 0.25) is 0 Å². The van der Waals surface area contributed by atoms with Gasteiger partial charge in [-0.3, -0.25) is 4.79 Å². The van der Waals surface area contributed by atoms with Crippen LogP contribution in [0.15, 0.2) is 18.3 Å². The van der Waals surface area contributed by atoms with Gasteiger partial charge < -0.3 is 15.2 Å². The molecular formula is C24H32N8O3. The predicted octanol–water partition coefficient (Wildman–Crippen LogP) is 3.21. The van der Waals surface area contributed by atoms with E-state index in [1.807, 2.05) is 26.1 Å². The van der Waals surface area contributed by atoms with E-state index in [4.69, 9.17) is 9.72 Å². The quantitative estimate of drug-likeness (QED) is 0.473. The minimum Gasteiger partial charge on any atom is -0.489 e. The molecule has 35 heavy (non-hydrogen) atoms. The van der Waals surface area contributed by atoms with E-state index in [1.54, 1.807) is 15.7 Å². The second-order valence-corrected chi connectivity index (χ2v) is 9.67. The van der Waals surface area contributed by atoms with Gasteiger partial charge >= 0.3 is 5.97 Å². The number of carboxylic acids is 1. The van der Waals surface area contributed by atoms with Crippen LogP contribution in [0.25, 0.3) is 11.4 Å². The van der Waals surface area contributed by atoms with Crippen molar-refractivity contribution in [3.05, 3.63) is 29.7 Å². The number of anilines is 1. The van der Waals surface area contributed by atoms with E-state index in [-0.39, 0.29) is 12.0 Å². The molecule has 0 bridgehead atoms. The number of rotatable bonds is 9. The monoisotopic (exact) mass is 480 g/mol. The van der Waals surface area contributed by atoms with Crippen molar-refractivity contribution < 1.29 is 14.6 Å². The van der Waals surface area contributed by atoms with E-state index in [9.17, 15) is 9.90 Å². The molecule has 0 spiro atoms. The standard InChI is InChI=1S/C24H32N8O3/c1-15-21(35-18-8-4-7-17(11-18)24(33)34)10-9-19(27-15)23-20(31(2)30-28-23)12-25-22-13-26-32(29-22)14-16-5-3-6-16/h9-10,13,16-18H,3-8,11-12,14H2,1-2H3,(H,25,29)(H,33,34)/t17-,18?/m0/s1. The van der Waals surface area contributed by atoms with E-state index in [1.165, 1.54) is 19.3 Å². The predicted molar refractivity (Wildman–Crippen MR) is 128 cm³/mol. The lowest BCUT2D eigenvalue weighted by atomic mass is 9.86. The highest BCUT2D eigenvalue weighted by Crippen LogP contribution is 2.31. The zero-order valence-electron chi connectivity index (χ0n) is 20.2. The molecule has 0 aliphatic heterocycles. The van der Waals surface area contributed by atoms with Gasteiger partial charge in [0.15, 0.2) is 5.82 Å². The van der Waals surface area contributed by atoms with Crippen molar-refractivity contribution in [1.29, 1.82) is 0 Å². The lowest BCUT2D eigenvalue weighted by Crippen LogP contribution is -2.29. The smallest absolute Gasteiger partial charge is 0.306 e. The Morgan fingerprint density at radius 3 is 2.80 bits per heavy atom. The van der Waals surface area contributed by atoms with Crippen LogP contribution in [0.4, 0.5) is 5.82 Å². The second kappa shape index (κ2) is 10.0. The van der Waals surface area contributed by atoms with Crippen molar-refractivity contribution in [2.45, 2.75) is 71.1 Å². The van der Waals surface area contributed by atoms with E-state index in [0.717, 1.165) is 36.6 Å². The van der Waals surface area contributed by atoms with Gasteiger partial charge in [-0.1, -0.05) is 11.6 Å². The van der Waals surface area contributed by atoms with Crippen molar-refractivity contribution in [2.24, 2.45) is 18.9 Å². The summed E-state index contributed by atoms with van der Waals surface area (Å²) in [6.07, 6.45) is 8.42. The van der Waals surface area contributed by atoms with Gasteiger partial charge in [-0.25, -0.2) is 9.67 Å². The molecule has 2 fully saturated rings. The first-order valence-electron chi connectivity index (χ1n) is 12.4. The normalized spacial score (nSPS) is 20.4. The number of aryl methyl sites for hydroxylation is 2. The van der Waals surface area contributed by atoms with Crippen LogP contribution in [0.3, 0.4) is 0 Å². The van der Waals surface area contributed by atoms with Gasteiger partial charge in [0, 0.05) is 7.05 Å². The van der Waals surface area contributed by atoms with E-state index >= 15 is 0 Å². The fraction of sp³-hybridized carbons (Fsp3) is 0.583. The number of nitrogens with one attached hydrogen (secondary N) is 1. The van der Waals surface area contributed by atoms with Crippen LogP contribution in [0, 0.1) is 18.8 Å². The van der Waals surface area contributed by atoms with E-state index in [2.05, 4.69) is 25.8 Å². The molecule has 1 unspecified atom stereocenters. The summed E-state index contributed by atoms with van der Waals surface area (Å²) in [5.74, 6) is 1.01. The maximum absolute atomic E-state index is 11.4. The Labute approximate surface area is 203 Å². The first-order valence-corrected chi connectivity index (χ1v) is 12.4. The highest BCUT2D eigenvalue weighted by atomic mass is 16.5. The molecule has 0 amide bonds. The molecule has 5 rings (SSSR count). The van der Waals surface area contributed by atoms with Crippen molar-refractivity contribution >= 4 is 11.8 Å². The fourth-order valence-corrected chi connectivity index (χ4v) is 4.78. The summed E-state index contributed by atoms with van der Waals surface area (Å²) in [6.45, 7) is 3.25. The SMILES string of the molecule is Cc1nc(-c2nnn(C)c2CNc2cnn(CC3CCC3)n2)ccc1OC1CCC[C@H](C(=O)O)C1. The average molecular weight is 481 g/mol. The molecule has 2 atom stereocenters. The van der Waals surface area contributed by atoms with Gasteiger partial charge in [0.05, 0.1) is 48.4 Å². The zero-order valence-corrected chi connectivity index (χ0v) is 20.2. The Morgan fingerprint density at radius 1 is 1.23 bits per heavy atom. The molecular weight excluding hydrogens is 448 g/mol. The summed E-state index contributed by atoms with van der Waals surface area (Å²) in [5, 5.41) is 30.1. The number of carboxylic acid groups (broad SMARTS) is 1. The topological polar surface area (TPSA) is 133 Å². The Morgan fingerprint density at radius 2 is 2.06 bits per heavy atom. The maximum Gasteiger partial charge on any atom is 0.306 e. The van der Waals surface area contributed by atoms with Crippen LogP contribution in [0.5, 0.6) is 5.75 Å². The number of ether oxygens (including phenoxy) is 1. The first-order chi connectivity index (χ1) is 17.0. The van der Waals surface area contributed by atoms with Gasteiger partial charge in [-0.15, -0.1) is 10.2 Å². The fourth-order valence-electron chi connectivity index (χ4n) is 4.78. The van der Waals surface area contributed by atoms with Gasteiger partial charge in [-0.05, 0) is 63.5 Å². The number of hydrogen-bond acceptors (Lipinski definition) is 8. The van der Waals surface area contributed by atoms with Crippen LogP contribution in [-0.2, 0) is 24.9 Å². The zero-order chi connectivity index (χ0) is 24.4. The van der Waals surface area contributed by atoms with Crippen LogP contribution < -0.4 is 10.1 Å². The minimum absolute atomic E-state index is 0.106. The summed E-state index contributed by atoms with van der Waals surface area (Å²) < 4.78 is 7.88. The number of hydrogen-bond donors (Lipinski definition) is 2. The summed E-state index contributed by atoms with van der Waals surface area (Å²) in [6, 6.07) is 3.77. The Bertz CT molecular complexity index is 1190. The van der Waals surface area contributed by atoms with Crippen molar-refractivity contribution in [3.63, 3.8) is 0 Å². The average Bonchev–Trinajstić information content (AvgIpc) is 3.42. The molecule has 0 radical (unpaired) electrons. The number of aliphatic carboxylic acids is 1. The lowest BCUT2D eigenvalue weighted by Gasteiger charge is -2.27. The highest BCUT2D eigenvalue weighted by Gasteiger charge is 2.28. The third-order valence-corrected chi connectivity index (χ3v) is 7.11. The first kappa shape index (κ1) is 23.3. The highest BCUT2D eigenvalue weighted by molar-refractivity contribution is 5.70. The summed E-state index contributed by atoms with van der Waals surface area (Å²) in [7, 11) is 1.85. The van der Waals surface area contributed by atoms with Gasteiger partial charge in [0.25, 0.3) is 0 Å². The Kier molecular flexibility index (Phi) is 6.65. The summed E-state index contributed by atoms with van der Waals surface area (Å²) >= 11 is 0. The molecule has 0 aromatic carbocycles. The molecule has 3 heterocycles. The number of carbonyl (C=O) groups is 1. The summed E-state index contributed by atoms with van der Waals surface area (Å²) in [4.78, 5) is 17.9. The molecule has 2 aliphatic rings. The molecule has 186 valence electrons. The molecule has 3 aromatic heterocycles. The molecule has 0 saturated heterocycles. The van der Waals surface area contributed by atoms with Crippen molar-refractivity contribution in [3.8, 4) is 17.1 Å². The van der Waals surface area contributed by atoms with Gasteiger partial charge in [0.1, 0.15) is 11.4 Å². The Hall–Kier alpha value is -3.50.